The molecule has 0 aromatic rings. The minimum atomic E-state index is 0.500. The maximum Gasteiger partial charge on any atom is 0.0158 e. The van der Waals surface area contributed by atoms with Gasteiger partial charge < -0.3 is 0 Å². The minimum absolute atomic E-state index is 0.500. The van der Waals surface area contributed by atoms with Crippen molar-refractivity contribution in [2.24, 2.45) is 11.3 Å². The first kappa shape index (κ1) is 4.37. The normalized spacial score (nSPS) is 48.8. The lowest BCUT2D eigenvalue weighted by Gasteiger charge is -2.48. The molecule has 0 nitrogen and oxygen atoms in total. The molecular formula is C8H10. The van der Waals surface area contributed by atoms with E-state index in [1.807, 2.05) is 0 Å². The number of hydrogen-bond acceptors (Lipinski definition) is 0. The van der Waals surface area contributed by atoms with E-state index in [0.717, 1.165) is 5.92 Å². The zero-order chi connectivity index (χ0) is 5.78. The summed E-state index contributed by atoms with van der Waals surface area (Å²) in [4.78, 5) is 0. The van der Waals surface area contributed by atoms with Gasteiger partial charge in [-0.2, -0.15) is 0 Å². The standard InChI is InChI=1S/C8H10/c1-6-5-7-3-4-8(6,7)2/h3-5,7H,1-2H3/t7-,8+/m0/s1. The Bertz CT molecular complexity index is 186. The molecule has 0 N–H and O–H groups in total. The minimum Gasteiger partial charge on any atom is -0.0795 e. The second-order valence-electron chi connectivity index (χ2n) is 3.02. The van der Waals surface area contributed by atoms with E-state index in [1.165, 1.54) is 0 Å². The highest BCUT2D eigenvalue weighted by atomic mass is 14.5. The average molecular weight is 106 g/mol. The molecule has 0 bridgehead atoms. The second kappa shape index (κ2) is 0.928. The van der Waals surface area contributed by atoms with E-state index in [-0.39, 0.29) is 0 Å². The van der Waals surface area contributed by atoms with Crippen LogP contribution in [0.15, 0.2) is 23.8 Å². The Hall–Kier alpha value is -0.520. The number of hydrogen-bond donors (Lipinski definition) is 0. The van der Waals surface area contributed by atoms with Gasteiger partial charge in [-0.1, -0.05) is 30.7 Å². The molecule has 0 heteroatoms. The fourth-order valence-corrected chi connectivity index (χ4v) is 1.47. The quantitative estimate of drug-likeness (QED) is 0.415. The Morgan fingerprint density at radius 3 is 2.38 bits per heavy atom. The maximum absolute atomic E-state index is 2.33. The molecule has 0 heterocycles. The number of rotatable bonds is 0. The first-order valence-corrected chi connectivity index (χ1v) is 3.12. The fraction of sp³-hybridized carbons (Fsp3) is 0.500. The molecule has 0 aliphatic heterocycles. The van der Waals surface area contributed by atoms with Gasteiger partial charge in [-0.05, 0) is 6.92 Å². The topological polar surface area (TPSA) is 0 Å². The number of fused-ring (bicyclic) bond motifs is 1. The Morgan fingerprint density at radius 2 is 2.38 bits per heavy atom. The zero-order valence-electron chi connectivity index (χ0n) is 5.31. The van der Waals surface area contributed by atoms with Crippen molar-refractivity contribution in [3.05, 3.63) is 23.8 Å². The lowest BCUT2D eigenvalue weighted by Crippen LogP contribution is -2.38. The lowest BCUT2D eigenvalue weighted by atomic mass is 9.56. The van der Waals surface area contributed by atoms with Gasteiger partial charge in [0.2, 0.25) is 0 Å². The van der Waals surface area contributed by atoms with Crippen LogP contribution in [0.2, 0.25) is 0 Å². The fourth-order valence-electron chi connectivity index (χ4n) is 1.47. The zero-order valence-corrected chi connectivity index (χ0v) is 5.31. The summed E-state index contributed by atoms with van der Waals surface area (Å²) in [5, 5.41) is 0. The summed E-state index contributed by atoms with van der Waals surface area (Å²) in [6.07, 6.45) is 6.90. The third-order valence-electron chi connectivity index (χ3n) is 2.62. The predicted molar refractivity (Wildman–Crippen MR) is 34.5 cm³/mol. The summed E-state index contributed by atoms with van der Waals surface area (Å²) >= 11 is 0. The predicted octanol–water partition coefficient (Wildman–Crippen LogP) is 2.14. The molecule has 0 fully saturated rings. The molecule has 8 heavy (non-hydrogen) atoms. The van der Waals surface area contributed by atoms with Crippen LogP contribution in [0.3, 0.4) is 0 Å². The number of allylic oxidation sites excluding steroid dienone is 4. The van der Waals surface area contributed by atoms with E-state index in [0.29, 0.717) is 5.41 Å². The SMILES string of the molecule is CC1=C[C@@H]2C=C[C@]12C. The van der Waals surface area contributed by atoms with Gasteiger partial charge in [-0.25, -0.2) is 0 Å². The van der Waals surface area contributed by atoms with E-state index < -0.39 is 0 Å². The molecule has 2 aliphatic rings. The van der Waals surface area contributed by atoms with E-state index in [2.05, 4.69) is 32.1 Å². The summed E-state index contributed by atoms with van der Waals surface area (Å²) in [6, 6.07) is 0. The van der Waals surface area contributed by atoms with Crippen molar-refractivity contribution < 1.29 is 0 Å². The second-order valence-corrected chi connectivity index (χ2v) is 3.02. The molecule has 0 radical (unpaired) electrons. The third kappa shape index (κ3) is 0.238. The monoisotopic (exact) mass is 106 g/mol. The Labute approximate surface area is 49.9 Å². The molecule has 0 aromatic carbocycles. The van der Waals surface area contributed by atoms with E-state index in [9.17, 15) is 0 Å². The highest BCUT2D eigenvalue weighted by Gasteiger charge is 2.43. The van der Waals surface area contributed by atoms with Gasteiger partial charge in [0.25, 0.3) is 0 Å². The van der Waals surface area contributed by atoms with Crippen molar-refractivity contribution in [1.29, 1.82) is 0 Å². The van der Waals surface area contributed by atoms with Crippen molar-refractivity contribution in [3.63, 3.8) is 0 Å². The molecule has 2 aliphatic carbocycles. The molecule has 0 saturated heterocycles. The van der Waals surface area contributed by atoms with Gasteiger partial charge in [0.15, 0.2) is 0 Å². The Kier molecular flexibility index (Phi) is 0.507. The van der Waals surface area contributed by atoms with Gasteiger partial charge in [0, 0.05) is 11.3 Å². The molecule has 0 unspecified atom stereocenters. The van der Waals surface area contributed by atoms with Gasteiger partial charge >= 0.3 is 0 Å². The molecule has 0 spiro atoms. The van der Waals surface area contributed by atoms with Crippen molar-refractivity contribution in [1.82, 2.24) is 0 Å². The van der Waals surface area contributed by atoms with Crippen LogP contribution >= 0.6 is 0 Å². The largest absolute Gasteiger partial charge is 0.0795 e. The van der Waals surface area contributed by atoms with Crippen LogP contribution in [-0.2, 0) is 0 Å². The van der Waals surface area contributed by atoms with Crippen molar-refractivity contribution in [3.8, 4) is 0 Å². The lowest BCUT2D eigenvalue weighted by molar-refractivity contribution is 0.326. The molecule has 0 aromatic heterocycles. The summed E-state index contributed by atoms with van der Waals surface area (Å²) in [7, 11) is 0. The third-order valence-corrected chi connectivity index (χ3v) is 2.62. The summed E-state index contributed by atoms with van der Waals surface area (Å²) in [5.41, 5.74) is 2.05. The van der Waals surface area contributed by atoms with Crippen LogP contribution in [0.5, 0.6) is 0 Å². The Morgan fingerprint density at radius 1 is 1.62 bits per heavy atom. The van der Waals surface area contributed by atoms with Crippen LogP contribution < -0.4 is 0 Å². The van der Waals surface area contributed by atoms with Crippen LogP contribution in [-0.4, -0.2) is 0 Å². The highest BCUT2D eigenvalue weighted by molar-refractivity contribution is 5.43. The van der Waals surface area contributed by atoms with E-state index in [1.54, 1.807) is 5.57 Å². The molecule has 0 amide bonds. The summed E-state index contributed by atoms with van der Waals surface area (Å²) < 4.78 is 0. The van der Waals surface area contributed by atoms with Crippen molar-refractivity contribution >= 4 is 0 Å². The smallest absolute Gasteiger partial charge is 0.0158 e. The van der Waals surface area contributed by atoms with Gasteiger partial charge in [0.1, 0.15) is 0 Å². The van der Waals surface area contributed by atoms with E-state index in [4.69, 9.17) is 0 Å². The summed E-state index contributed by atoms with van der Waals surface area (Å²) in [6.45, 7) is 4.51. The maximum atomic E-state index is 2.33. The van der Waals surface area contributed by atoms with Gasteiger partial charge in [0.05, 0.1) is 0 Å². The van der Waals surface area contributed by atoms with Crippen LogP contribution in [0.25, 0.3) is 0 Å². The molecule has 42 valence electrons. The van der Waals surface area contributed by atoms with Crippen molar-refractivity contribution in [2.75, 3.05) is 0 Å². The van der Waals surface area contributed by atoms with Crippen LogP contribution in [0.4, 0.5) is 0 Å². The Balaban J connectivity index is 2.42. The average Bonchev–Trinajstić information content (AvgIpc) is 1.79. The van der Waals surface area contributed by atoms with Crippen LogP contribution in [0, 0.1) is 11.3 Å². The first-order valence-electron chi connectivity index (χ1n) is 3.12. The molecule has 2 atom stereocenters. The van der Waals surface area contributed by atoms with Gasteiger partial charge in [-0.3, -0.25) is 0 Å². The molecule has 0 saturated carbocycles. The van der Waals surface area contributed by atoms with Gasteiger partial charge in [-0.15, -0.1) is 0 Å². The molecule has 2 rings (SSSR count). The van der Waals surface area contributed by atoms with E-state index >= 15 is 0 Å². The van der Waals surface area contributed by atoms with Crippen molar-refractivity contribution in [2.45, 2.75) is 13.8 Å². The summed E-state index contributed by atoms with van der Waals surface area (Å²) in [5.74, 6) is 0.794. The first-order chi connectivity index (χ1) is 3.73. The molecular weight excluding hydrogens is 96.1 g/mol. The highest BCUT2D eigenvalue weighted by Crippen LogP contribution is 2.53. The van der Waals surface area contributed by atoms with Crippen LogP contribution in [0.1, 0.15) is 13.8 Å².